The lowest BCUT2D eigenvalue weighted by atomic mass is 10.1. The summed E-state index contributed by atoms with van der Waals surface area (Å²) in [6, 6.07) is 4.09. The smallest absolute Gasteiger partial charge is 0.184 e. The number of hydrogen-bond acceptors (Lipinski definition) is 3. The highest BCUT2D eigenvalue weighted by Crippen LogP contribution is 2.25. The van der Waals surface area contributed by atoms with Gasteiger partial charge in [0.05, 0.1) is 11.4 Å². The molecule has 0 aliphatic heterocycles. The van der Waals surface area contributed by atoms with E-state index in [1.165, 1.54) is 0 Å². The van der Waals surface area contributed by atoms with E-state index in [0.29, 0.717) is 12.1 Å². The number of aryl methyl sites for hydroxylation is 2. The number of rotatable bonds is 4. The van der Waals surface area contributed by atoms with Crippen LogP contribution in [0.1, 0.15) is 47.6 Å². The van der Waals surface area contributed by atoms with Gasteiger partial charge in [0.15, 0.2) is 11.5 Å². The first kappa shape index (κ1) is 14.9. The van der Waals surface area contributed by atoms with E-state index in [-0.39, 0.29) is 5.78 Å². The Balaban J connectivity index is 2.65. The Morgan fingerprint density at radius 2 is 1.85 bits per heavy atom. The van der Waals surface area contributed by atoms with Crippen LogP contribution in [0.3, 0.4) is 0 Å². The van der Waals surface area contributed by atoms with Gasteiger partial charge in [0.25, 0.3) is 0 Å². The summed E-state index contributed by atoms with van der Waals surface area (Å²) in [5, 5.41) is 8.30. The number of carbonyl (C=O) groups excluding carboxylic acids is 1. The second kappa shape index (κ2) is 5.87. The second-order valence-corrected chi connectivity index (χ2v) is 5.73. The van der Waals surface area contributed by atoms with Crippen LogP contribution in [0.2, 0.25) is 0 Å². The van der Waals surface area contributed by atoms with Crippen molar-refractivity contribution in [2.45, 2.75) is 40.5 Å². The van der Waals surface area contributed by atoms with Crippen molar-refractivity contribution < 1.29 is 4.79 Å². The van der Waals surface area contributed by atoms with Gasteiger partial charge in [-0.25, -0.2) is 4.68 Å². The largest absolute Gasteiger partial charge is 0.292 e. The summed E-state index contributed by atoms with van der Waals surface area (Å²) in [5.41, 5.74) is 4.59. The van der Waals surface area contributed by atoms with E-state index in [4.69, 9.17) is 0 Å². The highest BCUT2D eigenvalue weighted by molar-refractivity contribution is 9.10. The lowest BCUT2D eigenvalue weighted by Crippen LogP contribution is -2.08. The number of benzene rings is 1. The average Bonchev–Trinajstić information content (AvgIpc) is 2.80. The molecule has 0 saturated heterocycles. The van der Waals surface area contributed by atoms with Crippen molar-refractivity contribution >= 4 is 21.7 Å². The normalized spacial score (nSPS) is 10.8. The van der Waals surface area contributed by atoms with Gasteiger partial charge in [0.2, 0.25) is 0 Å². The first-order valence-corrected chi connectivity index (χ1v) is 7.53. The lowest BCUT2D eigenvalue weighted by molar-refractivity contribution is 0.0982. The lowest BCUT2D eigenvalue weighted by Gasteiger charge is -2.12. The molecule has 0 spiro atoms. The molecule has 1 aromatic carbocycles. The zero-order valence-electron chi connectivity index (χ0n) is 12.2. The summed E-state index contributed by atoms with van der Waals surface area (Å²) in [5.74, 6) is 0.0421. The zero-order valence-corrected chi connectivity index (χ0v) is 13.8. The van der Waals surface area contributed by atoms with Gasteiger partial charge >= 0.3 is 0 Å². The number of nitrogens with zero attached hydrogens (tertiary/aromatic N) is 3. The van der Waals surface area contributed by atoms with Crippen LogP contribution in [0.5, 0.6) is 0 Å². The second-order valence-electron chi connectivity index (χ2n) is 4.82. The van der Waals surface area contributed by atoms with Crippen molar-refractivity contribution in [1.29, 1.82) is 0 Å². The molecule has 0 fully saturated rings. The summed E-state index contributed by atoms with van der Waals surface area (Å²) in [4.78, 5) is 11.9. The van der Waals surface area contributed by atoms with Gasteiger partial charge in [-0.1, -0.05) is 35.0 Å². The number of halogens is 1. The highest BCUT2D eigenvalue weighted by atomic mass is 79.9. The maximum atomic E-state index is 11.9. The van der Waals surface area contributed by atoms with E-state index in [0.717, 1.165) is 33.4 Å². The molecule has 106 valence electrons. The predicted molar refractivity (Wildman–Crippen MR) is 82.5 cm³/mol. The van der Waals surface area contributed by atoms with Crippen LogP contribution >= 0.6 is 15.9 Å². The third-order valence-electron chi connectivity index (χ3n) is 3.35. The summed E-state index contributed by atoms with van der Waals surface area (Å²) in [6.07, 6.45) is 1.17. The van der Waals surface area contributed by atoms with Crippen molar-refractivity contribution in [2.24, 2.45) is 0 Å². The molecule has 0 unspecified atom stereocenters. The van der Waals surface area contributed by atoms with E-state index in [1.807, 2.05) is 39.8 Å². The average molecular weight is 336 g/mol. The van der Waals surface area contributed by atoms with Gasteiger partial charge in [-0.3, -0.25) is 4.79 Å². The van der Waals surface area contributed by atoms with Crippen LogP contribution in [0, 0.1) is 13.8 Å². The van der Waals surface area contributed by atoms with Crippen molar-refractivity contribution in [1.82, 2.24) is 15.0 Å². The van der Waals surface area contributed by atoms with Crippen LogP contribution < -0.4 is 0 Å². The third-order valence-corrected chi connectivity index (χ3v) is 3.81. The van der Waals surface area contributed by atoms with E-state index >= 15 is 0 Å². The highest BCUT2D eigenvalue weighted by Gasteiger charge is 2.19. The fourth-order valence-corrected chi connectivity index (χ4v) is 3.11. The number of hydrogen-bond donors (Lipinski definition) is 0. The molecule has 5 heteroatoms. The minimum absolute atomic E-state index is 0.0421. The first-order valence-electron chi connectivity index (χ1n) is 6.74. The van der Waals surface area contributed by atoms with Gasteiger partial charge in [0.1, 0.15) is 0 Å². The van der Waals surface area contributed by atoms with Crippen molar-refractivity contribution in [3.63, 3.8) is 0 Å². The Kier molecular flexibility index (Phi) is 4.38. The van der Waals surface area contributed by atoms with Gasteiger partial charge < -0.3 is 0 Å². The molecule has 0 bridgehead atoms. The Morgan fingerprint density at radius 3 is 2.35 bits per heavy atom. The fourth-order valence-electron chi connectivity index (χ4n) is 2.42. The molecule has 20 heavy (non-hydrogen) atoms. The molecular weight excluding hydrogens is 318 g/mol. The van der Waals surface area contributed by atoms with Crippen molar-refractivity contribution in [2.75, 3.05) is 0 Å². The van der Waals surface area contributed by atoms with Crippen LogP contribution in [-0.2, 0) is 6.42 Å². The van der Waals surface area contributed by atoms with E-state index in [1.54, 1.807) is 4.68 Å². The predicted octanol–water partition coefficient (Wildman–Crippen LogP) is 3.80. The van der Waals surface area contributed by atoms with Gasteiger partial charge in [-0.05, 0) is 43.5 Å². The fraction of sp³-hybridized carbons (Fsp3) is 0.400. The molecule has 2 rings (SSSR count). The monoisotopic (exact) mass is 335 g/mol. The standard InChI is InChI=1S/C15H18BrN3O/c1-5-12-14(13(20)6-2)17-18-19(12)15-9(3)7-11(16)8-10(15)4/h7-8H,5-6H2,1-4H3. The third kappa shape index (κ3) is 2.54. The Bertz CT molecular complexity index is 638. The first-order chi connectivity index (χ1) is 9.49. The topological polar surface area (TPSA) is 47.8 Å². The molecule has 0 atom stereocenters. The molecule has 2 aromatic rings. The molecule has 1 aromatic heterocycles. The number of carbonyl (C=O) groups is 1. The molecule has 0 radical (unpaired) electrons. The maximum absolute atomic E-state index is 11.9. The molecule has 0 aliphatic rings. The zero-order chi connectivity index (χ0) is 14.9. The number of Topliss-reactive ketones (excluding diaryl/α,β-unsaturated/α-hetero) is 1. The number of ketones is 1. The van der Waals surface area contributed by atoms with Crippen molar-refractivity contribution in [3.8, 4) is 5.69 Å². The van der Waals surface area contributed by atoms with Crippen LogP contribution in [-0.4, -0.2) is 20.8 Å². The van der Waals surface area contributed by atoms with Crippen LogP contribution in [0.4, 0.5) is 0 Å². The van der Waals surface area contributed by atoms with Crippen molar-refractivity contribution in [3.05, 3.63) is 39.1 Å². The van der Waals surface area contributed by atoms with E-state index in [2.05, 4.69) is 26.2 Å². The van der Waals surface area contributed by atoms with Crippen LogP contribution in [0.15, 0.2) is 16.6 Å². The number of aromatic nitrogens is 3. The quantitative estimate of drug-likeness (QED) is 0.798. The van der Waals surface area contributed by atoms with Gasteiger partial charge in [-0.15, -0.1) is 5.10 Å². The molecular formula is C15H18BrN3O. The van der Waals surface area contributed by atoms with Crippen LogP contribution in [0.25, 0.3) is 5.69 Å². The Morgan fingerprint density at radius 1 is 1.25 bits per heavy atom. The van der Waals surface area contributed by atoms with Gasteiger partial charge in [-0.2, -0.15) is 0 Å². The molecule has 1 heterocycles. The Labute approximate surface area is 127 Å². The maximum Gasteiger partial charge on any atom is 0.184 e. The Hall–Kier alpha value is -1.49. The summed E-state index contributed by atoms with van der Waals surface area (Å²) in [7, 11) is 0. The minimum Gasteiger partial charge on any atom is -0.292 e. The molecule has 0 saturated carbocycles. The van der Waals surface area contributed by atoms with Gasteiger partial charge in [0, 0.05) is 10.9 Å². The molecule has 0 aliphatic carbocycles. The molecule has 0 amide bonds. The molecule has 4 nitrogen and oxygen atoms in total. The SMILES string of the molecule is CCC(=O)c1nnn(-c2c(C)cc(Br)cc2C)c1CC. The van der Waals surface area contributed by atoms with E-state index < -0.39 is 0 Å². The minimum atomic E-state index is 0.0421. The summed E-state index contributed by atoms with van der Waals surface area (Å²) in [6.45, 7) is 7.94. The molecule has 0 N–H and O–H groups in total. The summed E-state index contributed by atoms with van der Waals surface area (Å²) < 4.78 is 2.85. The van der Waals surface area contributed by atoms with E-state index in [9.17, 15) is 4.79 Å². The summed E-state index contributed by atoms with van der Waals surface area (Å²) >= 11 is 3.50.